The first kappa shape index (κ1) is 9.50. The standard InChI is InChI=1S/C8H6FIN4/c9-8-6(10)4-11-7(13-8)5-14-3-1-2-12-14/h1-4H,5H2. The molecule has 4 nitrogen and oxygen atoms in total. The van der Waals surface area contributed by atoms with Crippen molar-refractivity contribution in [2.75, 3.05) is 0 Å². The molecule has 0 radical (unpaired) electrons. The molecule has 2 aromatic rings. The molecule has 0 saturated heterocycles. The van der Waals surface area contributed by atoms with Gasteiger partial charge in [0, 0.05) is 18.6 Å². The molecule has 0 bridgehead atoms. The fourth-order valence-corrected chi connectivity index (χ4v) is 1.25. The monoisotopic (exact) mass is 304 g/mol. The van der Waals surface area contributed by atoms with Crippen LogP contribution in [0.1, 0.15) is 5.82 Å². The maximum Gasteiger partial charge on any atom is 0.229 e. The predicted molar refractivity (Wildman–Crippen MR) is 56.0 cm³/mol. The third kappa shape index (κ3) is 2.06. The molecule has 0 N–H and O–H groups in total. The molecule has 0 aliphatic rings. The van der Waals surface area contributed by atoms with E-state index in [1.807, 2.05) is 22.6 Å². The first-order chi connectivity index (χ1) is 6.75. The van der Waals surface area contributed by atoms with Gasteiger partial charge < -0.3 is 0 Å². The minimum Gasteiger partial charge on any atom is -0.265 e. The average molecular weight is 304 g/mol. The van der Waals surface area contributed by atoms with E-state index >= 15 is 0 Å². The van der Waals surface area contributed by atoms with Crippen LogP contribution in [0.4, 0.5) is 4.39 Å². The Kier molecular flexibility index (Phi) is 2.71. The molecule has 0 amide bonds. The number of hydrogen-bond donors (Lipinski definition) is 0. The van der Waals surface area contributed by atoms with E-state index in [4.69, 9.17) is 0 Å². The Morgan fingerprint density at radius 1 is 1.50 bits per heavy atom. The highest BCUT2D eigenvalue weighted by atomic mass is 127. The molecule has 2 rings (SSSR count). The van der Waals surface area contributed by atoms with E-state index in [0.717, 1.165) is 0 Å². The van der Waals surface area contributed by atoms with E-state index in [9.17, 15) is 4.39 Å². The van der Waals surface area contributed by atoms with Crippen molar-refractivity contribution in [1.29, 1.82) is 0 Å². The number of rotatable bonds is 2. The van der Waals surface area contributed by atoms with Crippen molar-refractivity contribution in [2.45, 2.75) is 6.54 Å². The van der Waals surface area contributed by atoms with E-state index in [1.54, 1.807) is 23.1 Å². The fourth-order valence-electron chi connectivity index (χ4n) is 0.995. The van der Waals surface area contributed by atoms with Gasteiger partial charge in [-0.15, -0.1) is 0 Å². The molecule has 2 heterocycles. The quantitative estimate of drug-likeness (QED) is 0.623. The lowest BCUT2D eigenvalue weighted by Crippen LogP contribution is -2.06. The molecule has 0 fully saturated rings. The van der Waals surface area contributed by atoms with E-state index in [2.05, 4.69) is 15.1 Å². The Morgan fingerprint density at radius 2 is 2.36 bits per heavy atom. The van der Waals surface area contributed by atoms with Crippen LogP contribution in [-0.4, -0.2) is 19.7 Å². The van der Waals surface area contributed by atoms with Gasteiger partial charge in [-0.2, -0.15) is 9.49 Å². The van der Waals surface area contributed by atoms with E-state index in [0.29, 0.717) is 15.9 Å². The van der Waals surface area contributed by atoms with Crippen LogP contribution in [-0.2, 0) is 6.54 Å². The highest BCUT2D eigenvalue weighted by molar-refractivity contribution is 14.1. The van der Waals surface area contributed by atoms with Crippen molar-refractivity contribution < 1.29 is 4.39 Å². The lowest BCUT2D eigenvalue weighted by molar-refractivity contribution is 0.549. The second-order valence-corrected chi connectivity index (χ2v) is 3.79. The van der Waals surface area contributed by atoms with Gasteiger partial charge in [-0.05, 0) is 28.7 Å². The van der Waals surface area contributed by atoms with Gasteiger partial charge in [0.25, 0.3) is 0 Å². The summed E-state index contributed by atoms with van der Waals surface area (Å²) < 4.78 is 15.1. The van der Waals surface area contributed by atoms with Gasteiger partial charge >= 0.3 is 0 Å². The van der Waals surface area contributed by atoms with Gasteiger partial charge in [-0.3, -0.25) is 4.68 Å². The minimum atomic E-state index is -0.484. The largest absolute Gasteiger partial charge is 0.265 e. The molecule has 6 heteroatoms. The first-order valence-corrected chi connectivity index (χ1v) is 4.98. The zero-order valence-electron chi connectivity index (χ0n) is 7.06. The topological polar surface area (TPSA) is 43.6 Å². The summed E-state index contributed by atoms with van der Waals surface area (Å²) in [5, 5.41) is 3.98. The fraction of sp³-hybridized carbons (Fsp3) is 0.125. The smallest absolute Gasteiger partial charge is 0.229 e. The third-order valence-corrected chi connectivity index (χ3v) is 2.34. The number of hydrogen-bond acceptors (Lipinski definition) is 3. The van der Waals surface area contributed by atoms with Gasteiger partial charge in [0.15, 0.2) is 5.82 Å². The lowest BCUT2D eigenvalue weighted by Gasteiger charge is -2.00. The molecule has 0 unspecified atom stereocenters. The molecule has 0 aromatic carbocycles. The maximum absolute atomic E-state index is 13.0. The van der Waals surface area contributed by atoms with Crippen LogP contribution in [0.3, 0.4) is 0 Å². The van der Waals surface area contributed by atoms with Crippen LogP contribution in [0, 0.1) is 9.52 Å². The lowest BCUT2D eigenvalue weighted by atomic mass is 10.5. The van der Waals surface area contributed by atoms with Crippen LogP contribution in [0.25, 0.3) is 0 Å². The highest BCUT2D eigenvalue weighted by Crippen LogP contribution is 2.06. The molecular weight excluding hydrogens is 298 g/mol. The minimum absolute atomic E-state index is 0.390. The normalized spacial score (nSPS) is 10.4. The Labute approximate surface area is 93.3 Å². The van der Waals surface area contributed by atoms with E-state index in [-0.39, 0.29) is 0 Å². The summed E-state index contributed by atoms with van der Waals surface area (Å²) in [6, 6.07) is 1.79. The summed E-state index contributed by atoms with van der Waals surface area (Å²) in [7, 11) is 0. The van der Waals surface area contributed by atoms with Crippen LogP contribution in [0.2, 0.25) is 0 Å². The molecule has 0 spiro atoms. The van der Waals surface area contributed by atoms with Gasteiger partial charge in [-0.25, -0.2) is 9.97 Å². The molecule has 0 saturated carbocycles. The summed E-state index contributed by atoms with van der Waals surface area (Å²) in [6.07, 6.45) is 4.89. The number of halogens is 2. The SMILES string of the molecule is Fc1nc(Cn2cccn2)ncc1I. The van der Waals surface area contributed by atoms with Crippen LogP contribution in [0.15, 0.2) is 24.7 Å². The van der Waals surface area contributed by atoms with Gasteiger partial charge in [-0.1, -0.05) is 0 Å². The van der Waals surface area contributed by atoms with Crippen molar-refractivity contribution in [3.63, 3.8) is 0 Å². The molecule has 0 aliphatic carbocycles. The molecule has 14 heavy (non-hydrogen) atoms. The van der Waals surface area contributed by atoms with Crippen molar-refractivity contribution in [3.05, 3.63) is 40.0 Å². The van der Waals surface area contributed by atoms with Crippen molar-refractivity contribution >= 4 is 22.6 Å². The van der Waals surface area contributed by atoms with Crippen molar-refractivity contribution in [2.24, 2.45) is 0 Å². The van der Waals surface area contributed by atoms with Crippen LogP contribution >= 0.6 is 22.6 Å². The summed E-state index contributed by atoms with van der Waals surface area (Å²) in [5.41, 5.74) is 0. The highest BCUT2D eigenvalue weighted by Gasteiger charge is 2.04. The predicted octanol–water partition coefficient (Wildman–Crippen LogP) is 1.47. The zero-order valence-corrected chi connectivity index (χ0v) is 9.22. The molecule has 0 aliphatic heterocycles. The molecule has 72 valence electrons. The van der Waals surface area contributed by atoms with Gasteiger partial charge in [0.05, 0.1) is 3.57 Å². The summed E-state index contributed by atoms with van der Waals surface area (Å²) in [5.74, 6) is -0.0608. The second kappa shape index (κ2) is 3.99. The molecule has 2 aromatic heterocycles. The van der Waals surface area contributed by atoms with Crippen molar-refractivity contribution in [1.82, 2.24) is 19.7 Å². The van der Waals surface area contributed by atoms with Crippen LogP contribution < -0.4 is 0 Å². The summed E-state index contributed by atoms with van der Waals surface area (Å²) in [6.45, 7) is 0.390. The third-order valence-electron chi connectivity index (χ3n) is 1.61. The zero-order chi connectivity index (χ0) is 9.97. The number of aromatic nitrogens is 4. The Hall–Kier alpha value is -1.05. The first-order valence-electron chi connectivity index (χ1n) is 3.90. The van der Waals surface area contributed by atoms with Crippen molar-refractivity contribution in [3.8, 4) is 0 Å². The Morgan fingerprint density at radius 3 is 3.00 bits per heavy atom. The molecular formula is C8H6FIN4. The molecule has 0 atom stereocenters. The van der Waals surface area contributed by atoms with E-state index < -0.39 is 5.95 Å². The van der Waals surface area contributed by atoms with Gasteiger partial charge in [0.2, 0.25) is 5.95 Å². The van der Waals surface area contributed by atoms with Crippen LogP contribution in [0.5, 0.6) is 0 Å². The maximum atomic E-state index is 13.0. The second-order valence-electron chi connectivity index (χ2n) is 2.63. The number of nitrogens with zero attached hydrogens (tertiary/aromatic N) is 4. The summed E-state index contributed by atoms with van der Waals surface area (Å²) in [4.78, 5) is 7.70. The van der Waals surface area contributed by atoms with Gasteiger partial charge in [0.1, 0.15) is 6.54 Å². The van der Waals surface area contributed by atoms with E-state index in [1.165, 1.54) is 6.20 Å². The Bertz CT molecular complexity index is 429. The average Bonchev–Trinajstić information content (AvgIpc) is 2.64. The Balaban J connectivity index is 2.22. The summed E-state index contributed by atoms with van der Waals surface area (Å²) >= 11 is 1.85.